The topological polar surface area (TPSA) is 127 Å². The zero-order valence-electron chi connectivity index (χ0n) is 19.1. The van der Waals surface area contributed by atoms with Crippen LogP contribution >= 0.6 is 11.3 Å². The van der Waals surface area contributed by atoms with E-state index in [0.717, 1.165) is 11.3 Å². The molecule has 2 aromatic rings. The summed E-state index contributed by atoms with van der Waals surface area (Å²) in [5.41, 5.74) is 0.387. The Hall–Kier alpha value is -3.05. The highest BCUT2D eigenvalue weighted by Gasteiger charge is 2.22. The maximum atomic E-state index is 12.7. The predicted molar refractivity (Wildman–Crippen MR) is 124 cm³/mol. The number of hydrogen-bond acceptors (Lipinski definition) is 8. The number of carbonyl (C=O) groups excluding carboxylic acids is 2. The number of nitro benzene ring substituents is 1. The summed E-state index contributed by atoms with van der Waals surface area (Å²) in [4.78, 5) is 42.2. The molecule has 0 unspecified atom stereocenters. The van der Waals surface area contributed by atoms with Crippen molar-refractivity contribution in [1.82, 2.24) is 15.2 Å². The maximum absolute atomic E-state index is 12.7. The molecule has 2 rings (SSSR count). The summed E-state index contributed by atoms with van der Waals surface area (Å²) in [5, 5.41) is 18.4. The molecule has 0 saturated carbocycles. The highest BCUT2D eigenvalue weighted by molar-refractivity contribution is 7.14. The average Bonchev–Trinajstić information content (AvgIpc) is 3.18. The van der Waals surface area contributed by atoms with Crippen LogP contribution in [0.15, 0.2) is 17.5 Å². The lowest BCUT2D eigenvalue weighted by atomic mass is 10.1. The van der Waals surface area contributed by atoms with Crippen molar-refractivity contribution in [2.75, 3.05) is 25.5 Å². The van der Waals surface area contributed by atoms with Crippen molar-refractivity contribution in [3.8, 4) is 5.75 Å². The fourth-order valence-electron chi connectivity index (χ4n) is 3.31. The Labute approximate surface area is 191 Å². The zero-order chi connectivity index (χ0) is 24.0. The normalized spacial score (nSPS) is 11.2. The molecule has 0 bridgehead atoms. The Bertz CT molecular complexity index is 981. The molecule has 0 aliphatic carbocycles. The van der Waals surface area contributed by atoms with Crippen molar-refractivity contribution in [2.24, 2.45) is 0 Å². The third-order valence-electron chi connectivity index (χ3n) is 4.90. The molecule has 10 nitrogen and oxygen atoms in total. The van der Waals surface area contributed by atoms with Gasteiger partial charge in [0, 0.05) is 42.2 Å². The lowest BCUT2D eigenvalue weighted by molar-refractivity contribution is -0.385. The van der Waals surface area contributed by atoms with Gasteiger partial charge in [0.2, 0.25) is 0 Å². The second kappa shape index (κ2) is 11.0. The van der Waals surface area contributed by atoms with Gasteiger partial charge < -0.3 is 10.1 Å². The minimum Gasteiger partial charge on any atom is -0.496 e. The van der Waals surface area contributed by atoms with Crippen LogP contribution in [0.4, 0.5) is 10.8 Å². The van der Waals surface area contributed by atoms with E-state index in [2.05, 4.69) is 48.2 Å². The summed E-state index contributed by atoms with van der Waals surface area (Å²) in [6.07, 6.45) is 0. The number of thiazole rings is 1. The molecule has 32 heavy (non-hydrogen) atoms. The fraction of sp³-hybridized carbons (Fsp3) is 0.476. The second-order valence-electron chi connectivity index (χ2n) is 7.77. The molecule has 2 N–H and O–H groups in total. The number of aryl methyl sites for hydroxylation is 1. The van der Waals surface area contributed by atoms with Crippen LogP contribution in [0.5, 0.6) is 5.75 Å². The van der Waals surface area contributed by atoms with E-state index in [0.29, 0.717) is 30.7 Å². The second-order valence-corrected chi connectivity index (χ2v) is 8.63. The van der Waals surface area contributed by atoms with Gasteiger partial charge in [-0.15, -0.1) is 11.3 Å². The van der Waals surface area contributed by atoms with Crippen LogP contribution in [0.3, 0.4) is 0 Å². The largest absolute Gasteiger partial charge is 0.496 e. The number of hydrogen-bond donors (Lipinski definition) is 2. The number of amides is 2. The molecular weight excluding hydrogens is 434 g/mol. The first-order chi connectivity index (χ1) is 15.0. The van der Waals surface area contributed by atoms with Crippen molar-refractivity contribution in [1.29, 1.82) is 0 Å². The molecule has 0 fully saturated rings. The molecule has 0 spiro atoms. The van der Waals surface area contributed by atoms with Gasteiger partial charge in [0.15, 0.2) is 5.13 Å². The summed E-state index contributed by atoms with van der Waals surface area (Å²) in [6.45, 7) is 11.2. The monoisotopic (exact) mass is 463 g/mol. The number of aromatic nitrogens is 1. The molecule has 2 amide bonds. The highest BCUT2D eigenvalue weighted by Crippen LogP contribution is 2.29. The summed E-state index contributed by atoms with van der Waals surface area (Å²) < 4.78 is 5.19. The molecule has 0 atom stereocenters. The lowest BCUT2D eigenvalue weighted by Crippen LogP contribution is -2.42. The van der Waals surface area contributed by atoms with Crippen molar-refractivity contribution < 1.29 is 19.2 Å². The minimum absolute atomic E-state index is 0.00784. The van der Waals surface area contributed by atoms with Crippen LogP contribution < -0.4 is 15.4 Å². The number of anilines is 1. The first kappa shape index (κ1) is 25.2. The van der Waals surface area contributed by atoms with Gasteiger partial charge in [-0.05, 0) is 40.7 Å². The number of rotatable bonds is 10. The van der Waals surface area contributed by atoms with Gasteiger partial charge in [-0.25, -0.2) is 4.98 Å². The number of methoxy groups -OCH3 is 1. The van der Waals surface area contributed by atoms with E-state index in [4.69, 9.17) is 4.74 Å². The van der Waals surface area contributed by atoms with Gasteiger partial charge in [-0.2, -0.15) is 0 Å². The molecule has 0 radical (unpaired) electrons. The van der Waals surface area contributed by atoms with Crippen LogP contribution in [0, 0.1) is 17.0 Å². The van der Waals surface area contributed by atoms with Gasteiger partial charge >= 0.3 is 0 Å². The van der Waals surface area contributed by atoms with Crippen molar-refractivity contribution >= 4 is 34.0 Å². The van der Waals surface area contributed by atoms with E-state index < -0.39 is 10.8 Å². The number of nitro groups is 1. The number of ether oxygens (including phenoxy) is 1. The van der Waals surface area contributed by atoms with E-state index in [1.54, 1.807) is 12.3 Å². The van der Waals surface area contributed by atoms with Gasteiger partial charge in [0.05, 0.1) is 17.6 Å². The molecule has 0 aliphatic rings. The molecule has 174 valence electrons. The van der Waals surface area contributed by atoms with E-state index >= 15 is 0 Å². The third-order valence-corrected chi connectivity index (χ3v) is 5.66. The van der Waals surface area contributed by atoms with Crippen LogP contribution in [0.2, 0.25) is 0 Å². The highest BCUT2D eigenvalue weighted by atomic mass is 32.1. The van der Waals surface area contributed by atoms with E-state index in [1.807, 2.05) is 0 Å². The number of benzene rings is 1. The standard InChI is InChI=1S/C21H29N5O5S/c1-12(2)25(13(3)4)8-7-22-20(28)16-11-32-21(23-16)24-19(27)15-10-17(26(29)30)14(5)9-18(15)31-6/h9-13H,7-8H2,1-6H3,(H,22,28)(H,23,24,27). The van der Waals surface area contributed by atoms with Crippen LogP contribution in [0.25, 0.3) is 0 Å². The Morgan fingerprint density at radius 2 is 1.88 bits per heavy atom. The Morgan fingerprint density at radius 3 is 2.44 bits per heavy atom. The van der Waals surface area contributed by atoms with Crippen LogP contribution in [-0.4, -0.2) is 58.9 Å². The Morgan fingerprint density at radius 1 is 1.22 bits per heavy atom. The van der Waals surface area contributed by atoms with Gasteiger partial charge in [0.1, 0.15) is 11.4 Å². The van der Waals surface area contributed by atoms with Crippen LogP contribution in [-0.2, 0) is 0 Å². The van der Waals surface area contributed by atoms with Crippen molar-refractivity contribution in [3.63, 3.8) is 0 Å². The fourth-order valence-corrected chi connectivity index (χ4v) is 4.00. The van der Waals surface area contributed by atoms with E-state index in [9.17, 15) is 19.7 Å². The predicted octanol–water partition coefficient (Wildman–Crippen LogP) is 3.47. The minimum atomic E-state index is -0.615. The summed E-state index contributed by atoms with van der Waals surface area (Å²) in [5.74, 6) is -0.742. The first-order valence-electron chi connectivity index (χ1n) is 10.2. The molecular formula is C21H29N5O5S. The summed E-state index contributed by atoms with van der Waals surface area (Å²) in [6, 6.07) is 3.33. The Kier molecular flexibility index (Phi) is 8.67. The maximum Gasteiger partial charge on any atom is 0.273 e. The van der Waals surface area contributed by atoms with Crippen molar-refractivity contribution in [2.45, 2.75) is 46.7 Å². The third kappa shape index (κ3) is 6.24. The van der Waals surface area contributed by atoms with Crippen LogP contribution in [0.1, 0.15) is 54.1 Å². The summed E-state index contributed by atoms with van der Waals surface area (Å²) >= 11 is 1.09. The molecule has 0 saturated heterocycles. The quantitative estimate of drug-likeness (QED) is 0.408. The molecule has 1 heterocycles. The smallest absolute Gasteiger partial charge is 0.273 e. The van der Waals surface area contributed by atoms with Gasteiger partial charge in [-0.3, -0.25) is 29.9 Å². The zero-order valence-corrected chi connectivity index (χ0v) is 19.9. The molecule has 1 aromatic carbocycles. The van der Waals surface area contributed by atoms with Gasteiger partial charge in [-0.1, -0.05) is 0 Å². The number of nitrogens with one attached hydrogen (secondary N) is 2. The molecule has 11 heteroatoms. The van der Waals surface area contributed by atoms with E-state index in [-0.39, 0.29) is 33.7 Å². The average molecular weight is 464 g/mol. The molecule has 1 aromatic heterocycles. The lowest BCUT2D eigenvalue weighted by Gasteiger charge is -2.30. The molecule has 0 aliphatic heterocycles. The summed E-state index contributed by atoms with van der Waals surface area (Å²) in [7, 11) is 1.38. The van der Waals surface area contributed by atoms with Gasteiger partial charge in [0.25, 0.3) is 17.5 Å². The SMILES string of the molecule is COc1cc(C)c([N+](=O)[O-])cc1C(=O)Nc1nc(C(=O)NCCN(C(C)C)C(C)C)cs1. The number of nitrogens with zero attached hydrogens (tertiary/aromatic N) is 3. The first-order valence-corrected chi connectivity index (χ1v) is 11.1. The van der Waals surface area contributed by atoms with Crippen molar-refractivity contribution in [3.05, 3.63) is 44.4 Å². The Balaban J connectivity index is 2.05. The van der Waals surface area contributed by atoms with E-state index in [1.165, 1.54) is 19.2 Å². The number of carbonyl (C=O) groups is 2.